The topological polar surface area (TPSA) is 3.24 Å². The number of nitrogens with zero attached hydrogens (tertiary/aromatic N) is 1. The Bertz CT molecular complexity index is 2480. The maximum atomic E-state index is 2.49. The van der Waals surface area contributed by atoms with Gasteiger partial charge in [-0.15, -0.1) is 11.3 Å². The first-order chi connectivity index (χ1) is 22.3. The van der Waals surface area contributed by atoms with Crippen LogP contribution in [0.1, 0.15) is 38.8 Å². The molecule has 9 rings (SSSR count). The quantitative estimate of drug-likeness (QED) is 0.180. The van der Waals surface area contributed by atoms with Gasteiger partial charge in [0.05, 0.1) is 0 Å². The normalized spacial score (nSPS) is 14.9. The molecule has 0 saturated heterocycles. The molecule has 0 radical (unpaired) electrons. The molecule has 0 spiro atoms. The molecular weight excluding hydrogens is 575 g/mol. The average molecular weight is 610 g/mol. The summed E-state index contributed by atoms with van der Waals surface area (Å²) in [5.41, 5.74) is 8.83. The maximum absolute atomic E-state index is 2.49. The van der Waals surface area contributed by atoms with Crippen molar-refractivity contribution in [3.05, 3.63) is 151 Å². The third-order valence-corrected chi connectivity index (χ3v) is 12.1. The van der Waals surface area contributed by atoms with Gasteiger partial charge in [-0.1, -0.05) is 107 Å². The molecule has 1 heterocycles. The summed E-state index contributed by atoms with van der Waals surface area (Å²) in [6.07, 6.45) is 0. The van der Waals surface area contributed by atoms with Gasteiger partial charge in [-0.3, -0.25) is 0 Å². The zero-order valence-corrected chi connectivity index (χ0v) is 27.5. The van der Waals surface area contributed by atoms with Crippen LogP contribution in [0.3, 0.4) is 0 Å². The van der Waals surface area contributed by atoms with Gasteiger partial charge >= 0.3 is 0 Å². The number of thiophene rings is 1. The number of rotatable bonds is 3. The Hall–Kier alpha value is -4.92. The summed E-state index contributed by atoms with van der Waals surface area (Å²) in [5.74, 6) is 0. The third kappa shape index (κ3) is 3.87. The minimum atomic E-state index is -0.112. The second-order valence-corrected chi connectivity index (χ2v) is 14.9. The van der Waals surface area contributed by atoms with E-state index in [-0.39, 0.29) is 10.8 Å². The number of benzene rings is 7. The molecule has 46 heavy (non-hydrogen) atoms. The average Bonchev–Trinajstić information content (AvgIpc) is 3.46. The summed E-state index contributed by atoms with van der Waals surface area (Å²) < 4.78 is 2.65. The Morgan fingerprint density at radius 1 is 0.413 bits per heavy atom. The van der Waals surface area contributed by atoms with E-state index in [1.807, 2.05) is 11.3 Å². The van der Waals surface area contributed by atoms with Crippen molar-refractivity contribution < 1.29 is 0 Å². The summed E-state index contributed by atoms with van der Waals surface area (Å²) >= 11 is 1.87. The second kappa shape index (κ2) is 9.79. The van der Waals surface area contributed by atoms with Crippen LogP contribution in [0.2, 0.25) is 0 Å². The molecule has 7 aromatic carbocycles. The molecule has 0 amide bonds. The Labute approximate surface area is 274 Å². The zero-order valence-electron chi connectivity index (χ0n) is 26.6. The summed E-state index contributed by atoms with van der Waals surface area (Å²) in [6.45, 7) is 9.73. The SMILES string of the molecule is CC1(C)c2cc(N(c3ccccc3)c3ccc4sc5ccccc5c4c3)ccc2-c2cc3ccc4ccccc4c3cc2C1(C)C. The van der Waals surface area contributed by atoms with Gasteiger partial charge in [0.1, 0.15) is 0 Å². The van der Waals surface area contributed by atoms with Crippen molar-refractivity contribution in [3.8, 4) is 11.1 Å². The van der Waals surface area contributed by atoms with Crippen LogP contribution in [0.25, 0.3) is 52.8 Å². The Balaban J connectivity index is 1.27. The fourth-order valence-corrected chi connectivity index (χ4v) is 8.86. The van der Waals surface area contributed by atoms with E-state index >= 15 is 0 Å². The lowest BCUT2D eigenvalue weighted by Crippen LogP contribution is -2.43. The van der Waals surface area contributed by atoms with Crippen molar-refractivity contribution in [1.82, 2.24) is 0 Å². The largest absolute Gasteiger partial charge is 0.310 e. The molecule has 0 fully saturated rings. The standard InChI is InChI=1S/C44H35NS/c1-43(2)39-26-32(45(30-13-6-5-7-14-30)31-21-23-42-38(25-31)35-16-10-11-17-41(35)46-42)20-22-34(39)37-24-29-19-18-28-12-8-9-15-33(28)36(29)27-40(37)44(43,3)4/h5-27H,1-4H3. The van der Waals surface area contributed by atoms with Crippen LogP contribution in [0.5, 0.6) is 0 Å². The summed E-state index contributed by atoms with van der Waals surface area (Å²) in [5, 5.41) is 7.89. The molecule has 0 unspecified atom stereocenters. The molecule has 1 aliphatic rings. The van der Waals surface area contributed by atoms with Crippen molar-refractivity contribution in [2.24, 2.45) is 0 Å². The Morgan fingerprint density at radius 3 is 1.87 bits per heavy atom. The number of fused-ring (bicyclic) bond motifs is 9. The van der Waals surface area contributed by atoms with Crippen LogP contribution in [0.4, 0.5) is 17.1 Å². The number of para-hydroxylation sites is 1. The van der Waals surface area contributed by atoms with Crippen molar-refractivity contribution in [2.75, 3.05) is 4.90 Å². The van der Waals surface area contributed by atoms with Gasteiger partial charge in [-0.25, -0.2) is 0 Å². The van der Waals surface area contributed by atoms with E-state index in [1.54, 1.807) is 0 Å². The van der Waals surface area contributed by atoms with E-state index in [4.69, 9.17) is 0 Å². The highest BCUT2D eigenvalue weighted by Gasteiger charge is 2.46. The lowest BCUT2D eigenvalue weighted by molar-refractivity contribution is 0.299. The predicted molar refractivity (Wildman–Crippen MR) is 201 cm³/mol. The Morgan fingerprint density at radius 2 is 1.04 bits per heavy atom. The molecule has 0 saturated carbocycles. The van der Waals surface area contributed by atoms with Crippen LogP contribution < -0.4 is 4.90 Å². The predicted octanol–water partition coefficient (Wildman–Crippen LogP) is 13.1. The molecule has 1 nitrogen and oxygen atoms in total. The first-order valence-electron chi connectivity index (χ1n) is 16.2. The molecule has 0 aliphatic heterocycles. The number of anilines is 3. The van der Waals surface area contributed by atoms with E-state index in [1.165, 1.54) is 75.3 Å². The smallest absolute Gasteiger partial charge is 0.0468 e. The van der Waals surface area contributed by atoms with E-state index in [0.717, 1.165) is 5.69 Å². The van der Waals surface area contributed by atoms with Crippen LogP contribution in [0.15, 0.2) is 140 Å². The molecule has 222 valence electrons. The van der Waals surface area contributed by atoms with Gasteiger partial charge in [0.2, 0.25) is 0 Å². The molecule has 2 heteroatoms. The number of hydrogen-bond donors (Lipinski definition) is 0. The summed E-state index contributed by atoms with van der Waals surface area (Å²) in [4.78, 5) is 2.43. The highest BCUT2D eigenvalue weighted by molar-refractivity contribution is 7.25. The fourth-order valence-electron chi connectivity index (χ4n) is 7.77. The van der Waals surface area contributed by atoms with Gasteiger partial charge < -0.3 is 4.90 Å². The van der Waals surface area contributed by atoms with E-state index in [0.29, 0.717) is 0 Å². The minimum absolute atomic E-state index is 0.0921. The van der Waals surface area contributed by atoms with E-state index < -0.39 is 0 Å². The van der Waals surface area contributed by atoms with Crippen molar-refractivity contribution in [2.45, 2.75) is 38.5 Å². The molecule has 0 N–H and O–H groups in total. The molecule has 0 atom stereocenters. The minimum Gasteiger partial charge on any atom is -0.310 e. The summed E-state index contributed by atoms with van der Waals surface area (Å²) in [7, 11) is 0. The monoisotopic (exact) mass is 609 g/mol. The van der Waals surface area contributed by atoms with Gasteiger partial charge in [-0.05, 0) is 115 Å². The lowest BCUT2D eigenvalue weighted by Gasteiger charge is -2.48. The van der Waals surface area contributed by atoms with E-state index in [9.17, 15) is 0 Å². The third-order valence-electron chi connectivity index (χ3n) is 11.0. The van der Waals surface area contributed by atoms with Crippen LogP contribution in [0, 0.1) is 0 Å². The Kier molecular flexibility index (Phi) is 5.83. The molecule has 0 bridgehead atoms. The second-order valence-electron chi connectivity index (χ2n) is 13.8. The first kappa shape index (κ1) is 27.4. The van der Waals surface area contributed by atoms with E-state index in [2.05, 4.69) is 172 Å². The molecular formula is C44H35NS. The van der Waals surface area contributed by atoms with Crippen molar-refractivity contribution >= 4 is 70.1 Å². The summed E-state index contributed by atoms with van der Waals surface area (Å²) in [6, 6.07) is 51.9. The van der Waals surface area contributed by atoms with Gasteiger partial charge in [0, 0.05) is 37.2 Å². The highest BCUT2D eigenvalue weighted by atomic mass is 32.1. The fraction of sp³-hybridized carbons (Fsp3) is 0.136. The molecule has 8 aromatic rings. The molecule has 1 aliphatic carbocycles. The van der Waals surface area contributed by atoms with Crippen LogP contribution >= 0.6 is 11.3 Å². The first-order valence-corrected chi connectivity index (χ1v) is 17.0. The zero-order chi connectivity index (χ0) is 31.2. The maximum Gasteiger partial charge on any atom is 0.0468 e. The van der Waals surface area contributed by atoms with Gasteiger partial charge in [0.15, 0.2) is 0 Å². The lowest BCUT2D eigenvalue weighted by atomic mass is 9.55. The van der Waals surface area contributed by atoms with Crippen molar-refractivity contribution in [1.29, 1.82) is 0 Å². The van der Waals surface area contributed by atoms with Crippen LogP contribution in [-0.4, -0.2) is 0 Å². The highest BCUT2D eigenvalue weighted by Crippen LogP contribution is 2.56. The van der Waals surface area contributed by atoms with Gasteiger partial charge in [0.25, 0.3) is 0 Å². The number of hydrogen-bond acceptors (Lipinski definition) is 2. The van der Waals surface area contributed by atoms with Gasteiger partial charge in [-0.2, -0.15) is 0 Å². The van der Waals surface area contributed by atoms with Crippen LogP contribution in [-0.2, 0) is 10.8 Å². The van der Waals surface area contributed by atoms with Crippen molar-refractivity contribution in [3.63, 3.8) is 0 Å². The molecule has 1 aromatic heterocycles.